The number of hydrogen-bond acceptors (Lipinski definition) is 3. The highest BCUT2D eigenvalue weighted by Gasteiger charge is 2.21. The number of benzene rings is 1. The molecule has 1 rings (SSSR count). The van der Waals surface area contributed by atoms with Crippen molar-refractivity contribution in [3.05, 3.63) is 33.8 Å². The molecule has 0 amide bonds. The van der Waals surface area contributed by atoms with Crippen LogP contribution in [0.2, 0.25) is 10.0 Å². The molecule has 0 radical (unpaired) electrons. The van der Waals surface area contributed by atoms with Crippen molar-refractivity contribution >= 4 is 62.2 Å². The molecule has 0 aliphatic carbocycles. The molecular weight excluding hydrogens is 342 g/mol. The minimum absolute atomic E-state index is 0.209. The fraction of sp³-hybridized carbons (Fsp3) is 0.500. The second-order valence-electron chi connectivity index (χ2n) is 4.98. The Bertz CT molecular complexity index is 469. The maximum absolute atomic E-state index is 6.17. The Morgan fingerprint density at radius 1 is 1.28 bits per heavy atom. The van der Waals surface area contributed by atoms with Gasteiger partial charge in [-0.1, -0.05) is 61.8 Å². The van der Waals surface area contributed by atoms with Gasteiger partial charge >= 0.3 is 0 Å². The van der Waals surface area contributed by atoms with Gasteiger partial charge in [-0.2, -0.15) is 0 Å². The Hall–Kier alpha value is 1.15. The minimum atomic E-state index is -1.44. The van der Waals surface area contributed by atoms with Crippen LogP contribution in [0.25, 0.3) is 0 Å². The topological polar surface area (TPSA) is 0 Å². The van der Waals surface area contributed by atoms with Gasteiger partial charge in [-0.05, 0) is 24.4 Å². The molecule has 1 unspecified atom stereocenters. The van der Waals surface area contributed by atoms with E-state index in [0.717, 1.165) is 16.3 Å². The van der Waals surface area contributed by atoms with E-state index in [4.69, 9.17) is 35.0 Å². The van der Waals surface area contributed by atoms with E-state index < -0.39 is 4.44 Å². The Labute approximate surface area is 133 Å². The van der Waals surface area contributed by atoms with Gasteiger partial charge in [-0.15, -0.1) is 22.8 Å². The summed E-state index contributed by atoms with van der Waals surface area (Å²) in [6.07, 6.45) is 0. The Morgan fingerprint density at radius 3 is 2.39 bits per heavy atom. The summed E-state index contributed by atoms with van der Waals surface area (Å²) in [7, 11) is 0. The Balaban J connectivity index is 2.67. The first-order valence-corrected chi connectivity index (χ1v) is 12.5. The summed E-state index contributed by atoms with van der Waals surface area (Å²) < 4.78 is -1.23. The van der Waals surface area contributed by atoms with Crippen molar-refractivity contribution in [2.45, 2.75) is 31.3 Å². The van der Waals surface area contributed by atoms with Crippen molar-refractivity contribution in [1.29, 1.82) is 0 Å². The third-order valence-corrected chi connectivity index (χ3v) is 12.0. The Kier molecular flexibility index (Phi) is 6.44. The molecule has 0 aliphatic rings. The first kappa shape index (κ1) is 17.2. The second-order valence-corrected chi connectivity index (χ2v) is 19.3. The molecule has 1 aromatic carbocycles. The van der Waals surface area contributed by atoms with Crippen LogP contribution in [-0.4, -0.2) is 11.4 Å². The molecule has 18 heavy (non-hydrogen) atoms. The summed E-state index contributed by atoms with van der Waals surface area (Å²) in [5, 5.41) is 1.40. The standard InChI is InChI=1S/C12H17Cl2PS3/c1-12(2,3)18-15(4,16)17-8-9-5-6-10(13)7-11(9)14/h5-7H,8H2,1-4H3. The molecule has 0 nitrogen and oxygen atoms in total. The van der Waals surface area contributed by atoms with Crippen LogP contribution < -0.4 is 0 Å². The van der Waals surface area contributed by atoms with Gasteiger partial charge in [0, 0.05) is 20.5 Å². The van der Waals surface area contributed by atoms with E-state index in [2.05, 4.69) is 27.4 Å². The van der Waals surface area contributed by atoms with Gasteiger partial charge < -0.3 is 0 Å². The zero-order valence-corrected chi connectivity index (χ0v) is 15.7. The van der Waals surface area contributed by atoms with Crippen molar-refractivity contribution < 1.29 is 0 Å². The van der Waals surface area contributed by atoms with Crippen LogP contribution in [0.3, 0.4) is 0 Å². The van der Waals surface area contributed by atoms with E-state index in [-0.39, 0.29) is 4.75 Å². The fourth-order valence-corrected chi connectivity index (χ4v) is 13.3. The van der Waals surface area contributed by atoms with E-state index in [1.807, 2.05) is 34.9 Å². The van der Waals surface area contributed by atoms with E-state index in [1.165, 1.54) is 0 Å². The highest BCUT2D eigenvalue weighted by Crippen LogP contribution is 2.70. The van der Waals surface area contributed by atoms with E-state index in [0.29, 0.717) is 5.02 Å². The first-order chi connectivity index (χ1) is 8.09. The molecule has 0 heterocycles. The molecule has 0 saturated heterocycles. The quantitative estimate of drug-likeness (QED) is 0.549. The van der Waals surface area contributed by atoms with Gasteiger partial charge in [0.15, 0.2) is 0 Å². The lowest BCUT2D eigenvalue weighted by molar-refractivity contribution is 0.810. The number of hydrogen-bond donors (Lipinski definition) is 0. The average Bonchev–Trinajstić information content (AvgIpc) is 2.12. The molecule has 0 bridgehead atoms. The molecular formula is C12H17Cl2PS3. The predicted molar refractivity (Wildman–Crippen MR) is 95.3 cm³/mol. The van der Waals surface area contributed by atoms with Crippen LogP contribution in [0.15, 0.2) is 18.2 Å². The largest absolute Gasteiger partial charge is 0.109 e. The maximum atomic E-state index is 6.17. The fourth-order valence-electron chi connectivity index (χ4n) is 1.35. The molecule has 1 aromatic rings. The zero-order chi connectivity index (χ0) is 14.0. The molecule has 0 saturated carbocycles. The average molecular weight is 359 g/mol. The molecule has 0 aliphatic heterocycles. The second kappa shape index (κ2) is 6.74. The summed E-state index contributed by atoms with van der Waals surface area (Å²) in [4.78, 5) is 0. The molecule has 0 fully saturated rings. The number of rotatable bonds is 4. The maximum Gasteiger partial charge on any atom is 0.0550 e. The highest BCUT2D eigenvalue weighted by molar-refractivity contribution is 9.00. The first-order valence-electron chi connectivity index (χ1n) is 5.46. The molecule has 102 valence electrons. The monoisotopic (exact) mass is 358 g/mol. The lowest BCUT2D eigenvalue weighted by Gasteiger charge is -2.25. The summed E-state index contributed by atoms with van der Waals surface area (Å²) in [6, 6.07) is 5.64. The summed E-state index contributed by atoms with van der Waals surface area (Å²) in [6.45, 7) is 8.81. The molecule has 1 atom stereocenters. The van der Waals surface area contributed by atoms with Crippen molar-refractivity contribution in [3.8, 4) is 0 Å². The van der Waals surface area contributed by atoms with Gasteiger partial charge in [-0.25, -0.2) is 0 Å². The van der Waals surface area contributed by atoms with Crippen molar-refractivity contribution in [2.24, 2.45) is 0 Å². The van der Waals surface area contributed by atoms with Crippen LogP contribution >= 0.6 is 50.4 Å². The Morgan fingerprint density at radius 2 is 1.89 bits per heavy atom. The lowest BCUT2D eigenvalue weighted by atomic mass is 10.2. The predicted octanol–water partition coefficient (Wildman–Crippen LogP) is 6.70. The molecule has 0 aromatic heterocycles. The van der Waals surface area contributed by atoms with Crippen molar-refractivity contribution in [2.75, 3.05) is 6.66 Å². The van der Waals surface area contributed by atoms with Crippen molar-refractivity contribution in [3.63, 3.8) is 0 Å². The van der Waals surface area contributed by atoms with Crippen LogP contribution in [0.4, 0.5) is 0 Å². The lowest BCUT2D eigenvalue weighted by Crippen LogP contribution is -2.05. The third-order valence-electron chi connectivity index (χ3n) is 1.91. The van der Waals surface area contributed by atoms with Gasteiger partial charge in [0.1, 0.15) is 0 Å². The van der Waals surface area contributed by atoms with Gasteiger partial charge in [0.25, 0.3) is 0 Å². The summed E-state index contributed by atoms with van der Waals surface area (Å²) >= 11 is 21.5. The van der Waals surface area contributed by atoms with E-state index >= 15 is 0 Å². The van der Waals surface area contributed by atoms with E-state index in [9.17, 15) is 0 Å². The van der Waals surface area contributed by atoms with Crippen LogP contribution in [-0.2, 0) is 17.6 Å². The van der Waals surface area contributed by atoms with Gasteiger partial charge in [0.2, 0.25) is 0 Å². The van der Waals surface area contributed by atoms with Crippen LogP contribution in [0, 0.1) is 0 Å². The van der Waals surface area contributed by atoms with Crippen molar-refractivity contribution in [1.82, 2.24) is 0 Å². The molecule has 6 heteroatoms. The van der Waals surface area contributed by atoms with Gasteiger partial charge in [0.05, 0.1) is 4.44 Å². The number of halogens is 2. The smallest absolute Gasteiger partial charge is 0.0550 e. The highest BCUT2D eigenvalue weighted by atomic mass is 35.5. The molecule has 0 spiro atoms. The van der Waals surface area contributed by atoms with E-state index in [1.54, 1.807) is 6.07 Å². The van der Waals surface area contributed by atoms with Crippen LogP contribution in [0.1, 0.15) is 26.3 Å². The minimum Gasteiger partial charge on any atom is -0.109 e. The zero-order valence-electron chi connectivity index (χ0n) is 10.9. The summed E-state index contributed by atoms with van der Waals surface area (Å²) in [5.74, 6) is 0.854. The van der Waals surface area contributed by atoms with Gasteiger partial charge in [-0.3, -0.25) is 0 Å². The SMILES string of the molecule is CC(C)(C)SP(C)(=S)SCc1ccc(Cl)cc1Cl. The summed E-state index contributed by atoms with van der Waals surface area (Å²) in [5.41, 5.74) is 1.11. The molecule has 0 N–H and O–H groups in total. The third kappa shape index (κ3) is 6.54. The normalized spacial score (nSPS) is 15.4. The van der Waals surface area contributed by atoms with Crippen LogP contribution in [0.5, 0.6) is 0 Å².